The quantitative estimate of drug-likeness (QED) is 0.266. The third-order valence-corrected chi connectivity index (χ3v) is 6.57. The van der Waals surface area contributed by atoms with E-state index in [0.29, 0.717) is 0 Å². The molecule has 0 aliphatic rings. The minimum atomic E-state index is 0. The normalized spacial score (nSPS) is 10.2. The molecule has 0 aliphatic heterocycles. The van der Waals surface area contributed by atoms with Crippen molar-refractivity contribution < 1.29 is 41.9 Å². The second-order valence-electron chi connectivity index (χ2n) is 8.77. The summed E-state index contributed by atoms with van der Waals surface area (Å²) in [6.07, 6.45) is 6.09. The van der Waals surface area contributed by atoms with Crippen molar-refractivity contribution in [1.29, 1.82) is 0 Å². The summed E-state index contributed by atoms with van der Waals surface area (Å²) in [6.45, 7) is 13.6. The number of pyridine rings is 1. The van der Waals surface area contributed by atoms with E-state index in [1.54, 1.807) is 0 Å². The molecular weight excluding hydrogens is 551 g/mol. The average Bonchev–Trinajstić information content (AvgIpc) is 2.89. The van der Waals surface area contributed by atoms with Gasteiger partial charge in [-0.15, -0.1) is 0 Å². The van der Waals surface area contributed by atoms with Crippen molar-refractivity contribution in [3.05, 3.63) is 88.7 Å². The standard InChI is InChI=1S/C30H42N4.2ClH.Cu/c1-5-24-13-11-14-25(6-2)29(24)32-19-21-34(23-28-17-9-10-18-31-28)22-20-33-30-26(7-3)15-12-16-27(30)8-4;;;/h9-18,32-33H,5-8,19-23H2,1-4H3;2*1H;/q;;;+2/p-2. The molecule has 0 saturated carbocycles. The zero-order valence-electron chi connectivity index (χ0n) is 22.6. The van der Waals surface area contributed by atoms with Gasteiger partial charge in [0.25, 0.3) is 0 Å². The number of anilines is 2. The molecule has 1 aromatic heterocycles. The van der Waals surface area contributed by atoms with Crippen LogP contribution in [0.1, 0.15) is 55.6 Å². The van der Waals surface area contributed by atoms with E-state index in [1.165, 1.54) is 33.6 Å². The number of nitrogens with one attached hydrogen (secondary N) is 2. The fourth-order valence-electron chi connectivity index (χ4n) is 4.61. The van der Waals surface area contributed by atoms with Gasteiger partial charge in [0.15, 0.2) is 0 Å². The number of rotatable bonds is 14. The van der Waals surface area contributed by atoms with E-state index in [9.17, 15) is 0 Å². The van der Waals surface area contributed by atoms with Crippen molar-refractivity contribution in [2.45, 2.75) is 59.9 Å². The maximum Gasteiger partial charge on any atom is 2.00 e. The van der Waals surface area contributed by atoms with Crippen LogP contribution in [0.3, 0.4) is 0 Å². The van der Waals surface area contributed by atoms with Gasteiger partial charge in [0.05, 0.1) is 5.69 Å². The van der Waals surface area contributed by atoms with Crippen LogP contribution in [0.2, 0.25) is 0 Å². The molecule has 207 valence electrons. The average molecular weight is 593 g/mol. The molecule has 0 unspecified atom stereocenters. The molecule has 37 heavy (non-hydrogen) atoms. The number of para-hydroxylation sites is 2. The fraction of sp³-hybridized carbons (Fsp3) is 0.433. The second-order valence-corrected chi connectivity index (χ2v) is 8.77. The zero-order chi connectivity index (χ0) is 24.2. The summed E-state index contributed by atoms with van der Waals surface area (Å²) in [4.78, 5) is 7.08. The monoisotopic (exact) mass is 591 g/mol. The Labute approximate surface area is 247 Å². The van der Waals surface area contributed by atoms with Crippen molar-refractivity contribution in [2.24, 2.45) is 0 Å². The Morgan fingerprint density at radius 2 is 1.05 bits per heavy atom. The number of benzene rings is 2. The van der Waals surface area contributed by atoms with Crippen LogP contribution in [0.15, 0.2) is 60.8 Å². The van der Waals surface area contributed by atoms with Gasteiger partial charge in [-0.2, -0.15) is 0 Å². The van der Waals surface area contributed by atoms with Gasteiger partial charge in [-0.25, -0.2) is 0 Å². The van der Waals surface area contributed by atoms with Gasteiger partial charge in [-0.3, -0.25) is 9.88 Å². The molecule has 1 heterocycles. The van der Waals surface area contributed by atoms with Crippen LogP contribution in [0, 0.1) is 0 Å². The summed E-state index contributed by atoms with van der Waals surface area (Å²) in [5, 5.41) is 7.52. The minimum Gasteiger partial charge on any atom is -1.00 e. The first-order valence-electron chi connectivity index (χ1n) is 13.0. The Morgan fingerprint density at radius 1 is 0.622 bits per heavy atom. The first kappa shape index (κ1) is 35.2. The number of hydrogen-bond donors (Lipinski definition) is 2. The number of halogens is 2. The fourth-order valence-corrected chi connectivity index (χ4v) is 4.61. The molecule has 3 rings (SSSR count). The molecule has 0 saturated heterocycles. The van der Waals surface area contributed by atoms with E-state index in [0.717, 1.165) is 64.1 Å². The van der Waals surface area contributed by atoms with Crippen LogP contribution in [0.25, 0.3) is 0 Å². The van der Waals surface area contributed by atoms with Crippen LogP contribution < -0.4 is 35.4 Å². The first-order valence-corrected chi connectivity index (χ1v) is 13.0. The van der Waals surface area contributed by atoms with Crippen LogP contribution in [0.5, 0.6) is 0 Å². The van der Waals surface area contributed by atoms with Gasteiger partial charge in [0.1, 0.15) is 0 Å². The summed E-state index contributed by atoms with van der Waals surface area (Å²) >= 11 is 0. The van der Waals surface area contributed by atoms with Gasteiger partial charge < -0.3 is 35.4 Å². The predicted molar refractivity (Wildman–Crippen MR) is 147 cm³/mol. The summed E-state index contributed by atoms with van der Waals surface area (Å²) in [5.74, 6) is 0. The molecule has 4 nitrogen and oxygen atoms in total. The molecule has 1 radical (unpaired) electrons. The van der Waals surface area contributed by atoms with Gasteiger partial charge in [-0.1, -0.05) is 70.2 Å². The third kappa shape index (κ3) is 10.5. The van der Waals surface area contributed by atoms with Crippen molar-refractivity contribution in [3.8, 4) is 0 Å². The van der Waals surface area contributed by atoms with E-state index in [4.69, 9.17) is 0 Å². The van der Waals surface area contributed by atoms with Crippen molar-refractivity contribution in [3.63, 3.8) is 0 Å². The topological polar surface area (TPSA) is 40.2 Å². The second kappa shape index (κ2) is 19.3. The van der Waals surface area contributed by atoms with Gasteiger partial charge in [0.2, 0.25) is 0 Å². The number of hydrogen-bond acceptors (Lipinski definition) is 4. The number of aromatic nitrogens is 1. The van der Waals surface area contributed by atoms with E-state index < -0.39 is 0 Å². The van der Waals surface area contributed by atoms with Gasteiger partial charge >= 0.3 is 17.1 Å². The van der Waals surface area contributed by atoms with Gasteiger partial charge in [-0.05, 0) is 60.1 Å². The summed E-state index contributed by atoms with van der Waals surface area (Å²) in [7, 11) is 0. The Kier molecular flexibility index (Phi) is 18.4. The maximum absolute atomic E-state index is 4.58. The Morgan fingerprint density at radius 3 is 1.41 bits per heavy atom. The molecule has 0 bridgehead atoms. The number of aryl methyl sites for hydroxylation is 4. The minimum absolute atomic E-state index is 0. The largest absolute Gasteiger partial charge is 2.00 e. The molecule has 0 fully saturated rings. The van der Waals surface area contributed by atoms with Crippen LogP contribution in [-0.2, 0) is 49.3 Å². The first-order chi connectivity index (χ1) is 16.7. The molecule has 0 atom stereocenters. The SMILES string of the molecule is CCc1cccc(CC)c1NCCN(CCNc1c(CC)cccc1CC)Cc1ccccn1.[Cl-].[Cl-].[Cu+2]. The molecule has 3 aromatic rings. The van der Waals surface area contributed by atoms with Gasteiger partial charge in [0, 0.05) is 50.3 Å². The Bertz CT molecular complexity index is 912. The molecular formula is C30H42Cl2CuN4. The number of nitrogens with zero attached hydrogens (tertiary/aromatic N) is 2. The summed E-state index contributed by atoms with van der Waals surface area (Å²) < 4.78 is 0. The summed E-state index contributed by atoms with van der Waals surface area (Å²) in [6, 6.07) is 19.5. The molecule has 0 amide bonds. The van der Waals surface area contributed by atoms with Crippen LogP contribution in [-0.4, -0.2) is 36.1 Å². The Hall–Kier alpha value is -1.75. The van der Waals surface area contributed by atoms with Crippen molar-refractivity contribution >= 4 is 11.4 Å². The Balaban J connectivity index is 0.00000432. The zero-order valence-corrected chi connectivity index (χ0v) is 25.0. The smallest absolute Gasteiger partial charge is 1.00 e. The molecule has 2 aromatic carbocycles. The molecule has 0 spiro atoms. The van der Waals surface area contributed by atoms with Crippen LogP contribution >= 0.6 is 0 Å². The molecule has 2 N–H and O–H groups in total. The third-order valence-electron chi connectivity index (χ3n) is 6.57. The van der Waals surface area contributed by atoms with E-state index >= 15 is 0 Å². The molecule has 7 heteroatoms. The predicted octanol–water partition coefficient (Wildman–Crippen LogP) is 0.363. The van der Waals surface area contributed by atoms with E-state index in [2.05, 4.69) is 96.7 Å². The molecule has 0 aliphatic carbocycles. The van der Waals surface area contributed by atoms with Crippen molar-refractivity contribution in [2.75, 3.05) is 36.8 Å². The van der Waals surface area contributed by atoms with Crippen LogP contribution in [0.4, 0.5) is 11.4 Å². The maximum atomic E-state index is 4.58. The van der Waals surface area contributed by atoms with E-state index in [1.807, 2.05) is 12.3 Å². The summed E-state index contributed by atoms with van der Waals surface area (Å²) in [5.41, 5.74) is 9.39. The van der Waals surface area contributed by atoms with E-state index in [-0.39, 0.29) is 41.9 Å². The van der Waals surface area contributed by atoms with Crippen molar-refractivity contribution in [1.82, 2.24) is 9.88 Å².